The van der Waals surface area contributed by atoms with Crippen molar-refractivity contribution < 1.29 is 19.1 Å². The van der Waals surface area contributed by atoms with Crippen molar-refractivity contribution in [3.05, 3.63) is 23.8 Å². The molecule has 1 saturated carbocycles. The number of carbonyl (C=O) groups is 2. The topological polar surface area (TPSA) is 83.1 Å². The van der Waals surface area contributed by atoms with Crippen LogP contribution in [-0.4, -0.2) is 67.3 Å². The molecule has 4 rings (SSSR count). The van der Waals surface area contributed by atoms with Crippen LogP contribution in [-0.2, 0) is 11.3 Å². The number of nitrogens with zero attached hydrogens (tertiary/aromatic N) is 2. The molecular weight excluding hydrogens is 336 g/mol. The molecule has 2 aliphatic heterocycles. The first-order chi connectivity index (χ1) is 12.7. The van der Waals surface area contributed by atoms with E-state index < -0.39 is 0 Å². The average molecular weight is 360 g/mol. The minimum absolute atomic E-state index is 0.0290. The number of amides is 3. The number of urea groups is 1. The van der Waals surface area contributed by atoms with Gasteiger partial charge in [-0.25, -0.2) is 4.79 Å². The summed E-state index contributed by atoms with van der Waals surface area (Å²) < 4.78 is 10.8. The summed E-state index contributed by atoms with van der Waals surface area (Å²) in [4.78, 5) is 28.0. The lowest BCUT2D eigenvalue weighted by Gasteiger charge is -2.34. The predicted octanol–water partition coefficient (Wildman–Crippen LogP) is 0.521. The van der Waals surface area contributed by atoms with Gasteiger partial charge in [-0.3, -0.25) is 9.69 Å². The number of ether oxygens (including phenoxy) is 2. The van der Waals surface area contributed by atoms with Gasteiger partial charge in [-0.2, -0.15) is 0 Å². The second kappa shape index (κ2) is 7.41. The SMILES string of the molecule is O=C(NCC(=O)N1CCN(Cc2ccc3c(c2)OCO3)CC1)NC1CC1. The molecule has 2 fully saturated rings. The molecule has 0 spiro atoms. The van der Waals surface area contributed by atoms with Gasteiger partial charge in [0.25, 0.3) is 0 Å². The number of benzene rings is 1. The first-order valence-electron chi connectivity index (χ1n) is 9.10. The molecule has 2 N–H and O–H groups in total. The molecule has 0 radical (unpaired) electrons. The van der Waals surface area contributed by atoms with Gasteiger partial charge in [0, 0.05) is 38.8 Å². The zero-order chi connectivity index (χ0) is 17.9. The Morgan fingerprint density at radius 1 is 1.08 bits per heavy atom. The highest BCUT2D eigenvalue weighted by Crippen LogP contribution is 2.32. The third-order valence-corrected chi connectivity index (χ3v) is 4.88. The van der Waals surface area contributed by atoms with E-state index in [0.717, 1.165) is 44.0 Å². The van der Waals surface area contributed by atoms with Gasteiger partial charge >= 0.3 is 6.03 Å². The quantitative estimate of drug-likeness (QED) is 0.800. The minimum Gasteiger partial charge on any atom is -0.454 e. The third kappa shape index (κ3) is 4.19. The number of hydrogen-bond donors (Lipinski definition) is 2. The predicted molar refractivity (Wildman–Crippen MR) is 94.0 cm³/mol. The molecular formula is C18H24N4O4. The number of nitrogens with one attached hydrogen (secondary N) is 2. The van der Waals surface area contributed by atoms with Crippen molar-refractivity contribution in [3.63, 3.8) is 0 Å². The summed E-state index contributed by atoms with van der Waals surface area (Å²) in [6.07, 6.45) is 2.07. The van der Waals surface area contributed by atoms with Crippen molar-refractivity contribution in [2.45, 2.75) is 25.4 Å². The summed E-state index contributed by atoms with van der Waals surface area (Å²) in [5.41, 5.74) is 1.17. The minimum atomic E-state index is -0.248. The number of hydrogen-bond acceptors (Lipinski definition) is 5. The van der Waals surface area contributed by atoms with Gasteiger partial charge in [-0.1, -0.05) is 6.07 Å². The van der Waals surface area contributed by atoms with Crippen LogP contribution in [0.15, 0.2) is 18.2 Å². The highest BCUT2D eigenvalue weighted by molar-refractivity contribution is 5.84. The number of piperazine rings is 1. The van der Waals surface area contributed by atoms with E-state index >= 15 is 0 Å². The zero-order valence-electron chi connectivity index (χ0n) is 14.7. The summed E-state index contributed by atoms with van der Waals surface area (Å²) in [6, 6.07) is 6.05. The summed E-state index contributed by atoms with van der Waals surface area (Å²) >= 11 is 0. The molecule has 1 aromatic rings. The lowest BCUT2D eigenvalue weighted by molar-refractivity contribution is -0.131. The van der Waals surface area contributed by atoms with Crippen molar-refractivity contribution in [3.8, 4) is 11.5 Å². The van der Waals surface area contributed by atoms with Crippen molar-refractivity contribution in [2.75, 3.05) is 39.5 Å². The largest absolute Gasteiger partial charge is 0.454 e. The van der Waals surface area contributed by atoms with E-state index in [1.165, 1.54) is 5.56 Å². The maximum absolute atomic E-state index is 12.2. The molecule has 0 bridgehead atoms. The Bertz CT molecular complexity index is 684. The summed E-state index contributed by atoms with van der Waals surface area (Å²) in [5, 5.41) is 5.46. The van der Waals surface area contributed by atoms with Crippen LogP contribution in [0.2, 0.25) is 0 Å². The standard InChI is InChI=1S/C18H24N4O4/c23-17(10-19-18(24)20-14-2-3-14)22-7-5-21(6-8-22)11-13-1-4-15-16(9-13)26-12-25-15/h1,4,9,14H,2-3,5-8,10-12H2,(H2,19,20,24). The van der Waals surface area contributed by atoms with Crippen LogP contribution in [0.4, 0.5) is 4.79 Å². The average Bonchev–Trinajstić information content (AvgIpc) is 3.33. The molecule has 1 saturated heterocycles. The molecule has 1 aromatic carbocycles. The van der Waals surface area contributed by atoms with Crippen LogP contribution in [0.3, 0.4) is 0 Å². The van der Waals surface area contributed by atoms with Gasteiger partial charge in [-0.15, -0.1) is 0 Å². The van der Waals surface area contributed by atoms with E-state index in [1.807, 2.05) is 23.1 Å². The van der Waals surface area contributed by atoms with Crippen molar-refractivity contribution >= 4 is 11.9 Å². The molecule has 8 nitrogen and oxygen atoms in total. The molecule has 3 amide bonds. The third-order valence-electron chi connectivity index (χ3n) is 4.88. The lowest BCUT2D eigenvalue weighted by atomic mass is 10.1. The maximum atomic E-state index is 12.2. The first kappa shape index (κ1) is 17.0. The van der Waals surface area contributed by atoms with Gasteiger partial charge < -0.3 is 25.0 Å². The Kier molecular flexibility index (Phi) is 4.83. The second-order valence-electron chi connectivity index (χ2n) is 6.95. The van der Waals surface area contributed by atoms with Gasteiger partial charge in [0.1, 0.15) is 0 Å². The van der Waals surface area contributed by atoms with Gasteiger partial charge in [0.2, 0.25) is 12.7 Å². The van der Waals surface area contributed by atoms with Gasteiger partial charge in [0.15, 0.2) is 11.5 Å². The molecule has 0 unspecified atom stereocenters. The molecule has 0 atom stereocenters. The summed E-state index contributed by atoms with van der Waals surface area (Å²) in [6.45, 7) is 4.14. The molecule has 26 heavy (non-hydrogen) atoms. The fraction of sp³-hybridized carbons (Fsp3) is 0.556. The lowest BCUT2D eigenvalue weighted by Crippen LogP contribution is -2.51. The Morgan fingerprint density at radius 3 is 2.62 bits per heavy atom. The Morgan fingerprint density at radius 2 is 1.85 bits per heavy atom. The first-order valence-corrected chi connectivity index (χ1v) is 9.10. The van der Waals surface area contributed by atoms with Crippen LogP contribution in [0.5, 0.6) is 11.5 Å². The van der Waals surface area contributed by atoms with Crippen molar-refractivity contribution in [1.29, 1.82) is 0 Å². The highest BCUT2D eigenvalue weighted by Gasteiger charge is 2.25. The number of fused-ring (bicyclic) bond motifs is 1. The van der Waals surface area contributed by atoms with Crippen LogP contribution >= 0.6 is 0 Å². The van der Waals surface area contributed by atoms with E-state index in [2.05, 4.69) is 15.5 Å². The molecule has 0 aromatic heterocycles. The summed E-state index contributed by atoms with van der Waals surface area (Å²) in [5.74, 6) is 1.56. The van der Waals surface area contributed by atoms with Crippen molar-refractivity contribution in [2.24, 2.45) is 0 Å². The van der Waals surface area contributed by atoms with Crippen LogP contribution in [0.25, 0.3) is 0 Å². The van der Waals surface area contributed by atoms with Crippen LogP contribution < -0.4 is 20.1 Å². The van der Waals surface area contributed by atoms with E-state index in [9.17, 15) is 9.59 Å². The Labute approximate surface area is 152 Å². The zero-order valence-corrected chi connectivity index (χ0v) is 14.7. The van der Waals surface area contributed by atoms with E-state index in [-0.39, 0.29) is 25.3 Å². The highest BCUT2D eigenvalue weighted by atomic mass is 16.7. The molecule has 2 heterocycles. The Balaban J connectivity index is 1.19. The van der Waals surface area contributed by atoms with Crippen LogP contribution in [0.1, 0.15) is 18.4 Å². The van der Waals surface area contributed by atoms with Gasteiger partial charge in [-0.05, 0) is 30.5 Å². The number of carbonyl (C=O) groups excluding carboxylic acids is 2. The fourth-order valence-electron chi connectivity index (χ4n) is 3.18. The van der Waals surface area contributed by atoms with E-state index in [4.69, 9.17) is 9.47 Å². The van der Waals surface area contributed by atoms with Crippen LogP contribution in [0, 0.1) is 0 Å². The number of rotatable bonds is 5. The normalized spacial score (nSPS) is 19.3. The molecule has 3 aliphatic rings. The fourth-order valence-corrected chi connectivity index (χ4v) is 3.18. The molecule has 8 heteroatoms. The van der Waals surface area contributed by atoms with E-state index in [1.54, 1.807) is 0 Å². The Hall–Kier alpha value is -2.48. The summed E-state index contributed by atoms with van der Waals surface area (Å²) in [7, 11) is 0. The smallest absolute Gasteiger partial charge is 0.315 e. The van der Waals surface area contributed by atoms with Crippen molar-refractivity contribution in [1.82, 2.24) is 20.4 Å². The van der Waals surface area contributed by atoms with E-state index in [0.29, 0.717) is 19.1 Å². The van der Waals surface area contributed by atoms with Gasteiger partial charge in [0.05, 0.1) is 6.54 Å². The monoisotopic (exact) mass is 360 g/mol. The maximum Gasteiger partial charge on any atom is 0.315 e. The molecule has 1 aliphatic carbocycles. The second-order valence-corrected chi connectivity index (χ2v) is 6.95. The molecule has 140 valence electrons.